The lowest BCUT2D eigenvalue weighted by Gasteiger charge is -2.26. The molecule has 148 valence electrons. The second kappa shape index (κ2) is 10.7. The van der Waals surface area contributed by atoms with Crippen molar-refractivity contribution < 1.29 is 19.1 Å². The van der Waals surface area contributed by atoms with Crippen LogP contribution in [0.25, 0.3) is 0 Å². The third-order valence-corrected chi connectivity index (χ3v) is 3.56. The lowest BCUT2D eigenvalue weighted by molar-refractivity contribution is -0.163. The Bertz CT molecular complexity index is 414. The minimum Gasteiger partial charge on any atom is -0.460 e. The SMILES string of the molecule is CCC(CCC(CCNNN)C(=O)OC(C)(C)C)C(=O)OC(C)(C)C. The Morgan fingerprint density at radius 3 is 1.72 bits per heavy atom. The van der Waals surface area contributed by atoms with Gasteiger partial charge in [-0.25, -0.2) is 5.43 Å². The van der Waals surface area contributed by atoms with Gasteiger partial charge in [-0.3, -0.25) is 15.4 Å². The Morgan fingerprint density at radius 2 is 1.32 bits per heavy atom. The predicted molar refractivity (Wildman–Crippen MR) is 98.1 cm³/mol. The minimum atomic E-state index is -0.537. The summed E-state index contributed by atoms with van der Waals surface area (Å²) in [6.07, 6.45) is 2.41. The number of hydrogen-bond acceptors (Lipinski definition) is 7. The van der Waals surface area contributed by atoms with Gasteiger partial charge in [0.15, 0.2) is 0 Å². The molecule has 25 heavy (non-hydrogen) atoms. The molecule has 0 aliphatic carbocycles. The summed E-state index contributed by atoms with van der Waals surface area (Å²) in [6.45, 7) is 13.6. The quantitative estimate of drug-likeness (QED) is 0.238. The smallest absolute Gasteiger partial charge is 0.309 e. The first kappa shape index (κ1) is 23.8. The Kier molecular flexibility index (Phi) is 10.2. The number of esters is 2. The molecule has 0 spiro atoms. The van der Waals surface area contributed by atoms with Gasteiger partial charge >= 0.3 is 11.9 Å². The fourth-order valence-corrected chi connectivity index (χ4v) is 2.36. The molecule has 7 nitrogen and oxygen atoms in total. The van der Waals surface area contributed by atoms with E-state index in [4.69, 9.17) is 15.3 Å². The van der Waals surface area contributed by atoms with Gasteiger partial charge in [0.2, 0.25) is 0 Å². The number of hydrogen-bond donors (Lipinski definition) is 3. The summed E-state index contributed by atoms with van der Waals surface area (Å²) in [5.41, 5.74) is 4.09. The molecule has 0 radical (unpaired) electrons. The van der Waals surface area contributed by atoms with Gasteiger partial charge in [0.1, 0.15) is 11.2 Å². The van der Waals surface area contributed by atoms with Crippen LogP contribution in [-0.2, 0) is 19.1 Å². The first-order chi connectivity index (χ1) is 11.4. The van der Waals surface area contributed by atoms with E-state index in [0.29, 0.717) is 32.2 Å². The summed E-state index contributed by atoms with van der Waals surface area (Å²) >= 11 is 0. The van der Waals surface area contributed by atoms with Crippen molar-refractivity contribution in [2.45, 2.75) is 85.4 Å². The number of rotatable bonds is 10. The number of carbonyl (C=O) groups excluding carboxylic acids is 2. The molecule has 0 amide bonds. The van der Waals surface area contributed by atoms with Gasteiger partial charge in [0.05, 0.1) is 11.8 Å². The van der Waals surface area contributed by atoms with Crippen LogP contribution >= 0.6 is 0 Å². The van der Waals surface area contributed by atoms with Gasteiger partial charge in [0, 0.05) is 6.54 Å². The molecule has 7 heteroatoms. The van der Waals surface area contributed by atoms with E-state index in [1.165, 1.54) is 0 Å². The van der Waals surface area contributed by atoms with Crippen LogP contribution < -0.4 is 16.8 Å². The van der Waals surface area contributed by atoms with E-state index in [1.54, 1.807) is 0 Å². The molecule has 0 saturated carbocycles. The summed E-state index contributed by atoms with van der Waals surface area (Å²) in [5.74, 6) is 4.23. The normalized spacial score (nSPS) is 14.7. The molecule has 0 aromatic heterocycles. The monoisotopic (exact) mass is 359 g/mol. The fraction of sp³-hybridized carbons (Fsp3) is 0.889. The van der Waals surface area contributed by atoms with Crippen molar-refractivity contribution in [3.05, 3.63) is 0 Å². The van der Waals surface area contributed by atoms with E-state index in [-0.39, 0.29) is 23.8 Å². The predicted octanol–water partition coefficient (Wildman–Crippen LogP) is 2.45. The van der Waals surface area contributed by atoms with Crippen molar-refractivity contribution in [3.63, 3.8) is 0 Å². The first-order valence-corrected chi connectivity index (χ1v) is 9.03. The van der Waals surface area contributed by atoms with Gasteiger partial charge in [-0.05, 0) is 67.2 Å². The zero-order chi connectivity index (χ0) is 19.7. The van der Waals surface area contributed by atoms with Crippen LogP contribution in [0.4, 0.5) is 0 Å². The minimum absolute atomic E-state index is 0.209. The zero-order valence-corrected chi connectivity index (χ0v) is 16.9. The van der Waals surface area contributed by atoms with Crippen molar-refractivity contribution in [1.82, 2.24) is 11.0 Å². The van der Waals surface area contributed by atoms with Crippen LogP contribution in [0, 0.1) is 11.8 Å². The van der Waals surface area contributed by atoms with Gasteiger partial charge in [-0.1, -0.05) is 6.92 Å². The van der Waals surface area contributed by atoms with Crippen molar-refractivity contribution in [3.8, 4) is 0 Å². The standard InChI is InChI=1S/C18H37N3O4/c1-8-13(15(22)24-17(2,3)4)9-10-14(11-12-20-21-19)16(23)25-18(5,6)7/h13-14,20-21H,8-12,19H2,1-7H3. The van der Waals surface area contributed by atoms with Crippen molar-refractivity contribution in [2.75, 3.05) is 6.54 Å². The molecular formula is C18H37N3O4. The Morgan fingerprint density at radius 1 is 0.880 bits per heavy atom. The van der Waals surface area contributed by atoms with Crippen molar-refractivity contribution in [1.29, 1.82) is 0 Å². The highest BCUT2D eigenvalue weighted by Gasteiger charge is 2.28. The zero-order valence-electron chi connectivity index (χ0n) is 16.9. The molecule has 0 bridgehead atoms. The number of ether oxygens (including phenoxy) is 2. The van der Waals surface area contributed by atoms with E-state index >= 15 is 0 Å². The Labute approximate surface area is 152 Å². The van der Waals surface area contributed by atoms with Gasteiger partial charge in [-0.15, -0.1) is 0 Å². The van der Waals surface area contributed by atoms with Gasteiger partial charge in [0.25, 0.3) is 0 Å². The largest absolute Gasteiger partial charge is 0.460 e. The van der Waals surface area contributed by atoms with Crippen LogP contribution in [0.5, 0.6) is 0 Å². The summed E-state index contributed by atoms with van der Waals surface area (Å²) in [5, 5.41) is 0. The number of nitrogens with two attached hydrogens (primary N) is 1. The van der Waals surface area contributed by atoms with Crippen molar-refractivity contribution in [2.24, 2.45) is 17.7 Å². The number of hydrazine groups is 2. The average molecular weight is 360 g/mol. The maximum Gasteiger partial charge on any atom is 0.309 e. The number of nitrogens with one attached hydrogen (secondary N) is 2. The second-order valence-electron chi connectivity index (χ2n) is 8.31. The molecule has 0 aliphatic heterocycles. The Balaban J connectivity index is 4.80. The van der Waals surface area contributed by atoms with Crippen LogP contribution in [0.3, 0.4) is 0 Å². The number of carbonyl (C=O) groups is 2. The molecule has 0 aromatic carbocycles. The summed E-state index contributed by atoms with van der Waals surface area (Å²) in [4.78, 5) is 24.7. The molecular weight excluding hydrogens is 322 g/mol. The molecule has 0 rings (SSSR count). The molecule has 2 atom stereocenters. The molecule has 0 aromatic rings. The van der Waals surface area contributed by atoms with Crippen LogP contribution in [0.2, 0.25) is 0 Å². The molecule has 0 heterocycles. The highest BCUT2D eigenvalue weighted by molar-refractivity contribution is 5.74. The first-order valence-electron chi connectivity index (χ1n) is 9.03. The van der Waals surface area contributed by atoms with E-state index in [2.05, 4.69) is 11.0 Å². The topological polar surface area (TPSA) is 103 Å². The van der Waals surface area contributed by atoms with Crippen molar-refractivity contribution >= 4 is 11.9 Å². The van der Waals surface area contributed by atoms with Crippen LogP contribution in [-0.4, -0.2) is 29.7 Å². The molecule has 4 N–H and O–H groups in total. The molecule has 0 fully saturated rings. The van der Waals surface area contributed by atoms with Crippen LogP contribution in [0.1, 0.15) is 74.1 Å². The van der Waals surface area contributed by atoms with Gasteiger partial charge in [-0.2, -0.15) is 5.53 Å². The maximum absolute atomic E-state index is 12.4. The molecule has 0 saturated heterocycles. The second-order valence-corrected chi connectivity index (χ2v) is 8.31. The third kappa shape index (κ3) is 11.9. The lowest BCUT2D eigenvalue weighted by Crippen LogP contribution is -2.40. The average Bonchev–Trinajstić information content (AvgIpc) is 2.42. The maximum atomic E-state index is 12.4. The lowest BCUT2D eigenvalue weighted by atomic mass is 9.91. The summed E-state index contributed by atoms with van der Waals surface area (Å²) in [6, 6.07) is 0. The highest BCUT2D eigenvalue weighted by Crippen LogP contribution is 2.24. The van der Waals surface area contributed by atoms with E-state index in [0.717, 1.165) is 0 Å². The van der Waals surface area contributed by atoms with Crippen LogP contribution in [0.15, 0.2) is 0 Å². The Hall–Kier alpha value is -1.18. The molecule has 2 unspecified atom stereocenters. The summed E-state index contributed by atoms with van der Waals surface area (Å²) in [7, 11) is 0. The van der Waals surface area contributed by atoms with E-state index in [1.807, 2.05) is 48.5 Å². The highest BCUT2D eigenvalue weighted by atomic mass is 16.6. The van der Waals surface area contributed by atoms with E-state index < -0.39 is 11.2 Å². The fourth-order valence-electron chi connectivity index (χ4n) is 2.36. The van der Waals surface area contributed by atoms with Gasteiger partial charge < -0.3 is 9.47 Å². The third-order valence-electron chi connectivity index (χ3n) is 3.56. The summed E-state index contributed by atoms with van der Waals surface area (Å²) < 4.78 is 11.0. The van der Waals surface area contributed by atoms with E-state index in [9.17, 15) is 9.59 Å². The molecule has 0 aliphatic rings.